The molecule has 5 atom stereocenters. The van der Waals surface area contributed by atoms with Crippen LogP contribution in [0.15, 0.2) is 0 Å². The molecule has 11 N–H and O–H groups in total. The Labute approximate surface area is 178 Å². The van der Waals surface area contributed by atoms with Crippen LogP contribution in [-0.4, -0.2) is 93.5 Å². The summed E-state index contributed by atoms with van der Waals surface area (Å²) in [5.41, 5.74) is 10.8. The van der Waals surface area contributed by atoms with Gasteiger partial charge in [0.05, 0.1) is 19.1 Å². The first-order valence-electron chi connectivity index (χ1n) is 9.54. The fraction of sp³-hybridized carbons (Fsp3) is 0.706. The second-order valence-corrected chi connectivity index (χ2v) is 6.86. The van der Waals surface area contributed by atoms with Crippen LogP contribution in [0.3, 0.4) is 0 Å². The average molecular weight is 449 g/mol. The van der Waals surface area contributed by atoms with Crippen molar-refractivity contribution in [3.8, 4) is 0 Å². The molecule has 14 heteroatoms. The third-order valence-corrected chi connectivity index (χ3v) is 4.17. The van der Waals surface area contributed by atoms with E-state index >= 15 is 0 Å². The summed E-state index contributed by atoms with van der Waals surface area (Å²) in [6, 6.07) is -5.89. The minimum Gasteiger partial charge on any atom is -0.481 e. The monoisotopic (exact) mass is 449 g/mol. The first-order chi connectivity index (χ1) is 14.4. The first kappa shape index (κ1) is 28.2. The number of aliphatic hydroxyl groups excluding tert-OH is 2. The SMILES string of the molecule is CC(O)C(NC(=O)C(CCCCN)NC(=O)C(N)CO)C(=O)NC(CC(=O)O)C(=O)O. The Morgan fingerprint density at radius 3 is 1.94 bits per heavy atom. The van der Waals surface area contributed by atoms with Gasteiger partial charge in [-0.05, 0) is 32.7 Å². The summed E-state index contributed by atoms with van der Waals surface area (Å²) in [7, 11) is 0. The molecule has 31 heavy (non-hydrogen) atoms. The molecule has 0 aliphatic rings. The van der Waals surface area contributed by atoms with E-state index in [0.29, 0.717) is 19.4 Å². The highest BCUT2D eigenvalue weighted by atomic mass is 16.4. The maximum Gasteiger partial charge on any atom is 0.326 e. The number of hydrogen-bond acceptors (Lipinski definition) is 9. The summed E-state index contributed by atoms with van der Waals surface area (Å²) < 4.78 is 0. The highest BCUT2D eigenvalue weighted by Gasteiger charge is 2.33. The predicted octanol–water partition coefficient (Wildman–Crippen LogP) is -4.17. The molecule has 0 aromatic carbocycles. The zero-order valence-corrected chi connectivity index (χ0v) is 17.1. The Balaban J connectivity index is 5.38. The van der Waals surface area contributed by atoms with Crippen molar-refractivity contribution in [2.24, 2.45) is 11.5 Å². The summed E-state index contributed by atoms with van der Waals surface area (Å²) in [6.07, 6.45) is -1.34. The van der Waals surface area contributed by atoms with Gasteiger partial charge in [-0.2, -0.15) is 0 Å². The van der Waals surface area contributed by atoms with Gasteiger partial charge >= 0.3 is 11.9 Å². The Morgan fingerprint density at radius 1 is 0.903 bits per heavy atom. The Bertz CT molecular complexity index is 643. The lowest BCUT2D eigenvalue weighted by atomic mass is 10.1. The second kappa shape index (κ2) is 14.2. The van der Waals surface area contributed by atoms with Crippen LogP contribution in [0.5, 0.6) is 0 Å². The quantitative estimate of drug-likeness (QED) is 0.108. The Morgan fingerprint density at radius 2 is 1.48 bits per heavy atom. The smallest absolute Gasteiger partial charge is 0.326 e. The highest BCUT2D eigenvalue weighted by Crippen LogP contribution is 2.04. The van der Waals surface area contributed by atoms with E-state index in [9.17, 15) is 29.1 Å². The lowest BCUT2D eigenvalue weighted by molar-refractivity contribution is -0.148. The van der Waals surface area contributed by atoms with Crippen molar-refractivity contribution in [3.63, 3.8) is 0 Å². The molecule has 5 unspecified atom stereocenters. The summed E-state index contributed by atoms with van der Waals surface area (Å²) in [5.74, 6) is -5.91. The van der Waals surface area contributed by atoms with Crippen LogP contribution < -0.4 is 27.4 Å². The summed E-state index contributed by atoms with van der Waals surface area (Å²) in [6.45, 7) is 0.820. The van der Waals surface area contributed by atoms with E-state index in [1.165, 1.54) is 0 Å². The van der Waals surface area contributed by atoms with E-state index < -0.39 is 73.0 Å². The Hall–Kier alpha value is -2.81. The van der Waals surface area contributed by atoms with Gasteiger partial charge in [-0.1, -0.05) is 0 Å². The van der Waals surface area contributed by atoms with Crippen LogP contribution in [0.4, 0.5) is 0 Å². The first-order valence-corrected chi connectivity index (χ1v) is 9.54. The number of carboxylic acids is 2. The minimum absolute atomic E-state index is 0.109. The van der Waals surface area contributed by atoms with Crippen LogP contribution in [0.1, 0.15) is 32.6 Å². The van der Waals surface area contributed by atoms with Crippen molar-refractivity contribution in [2.75, 3.05) is 13.2 Å². The highest BCUT2D eigenvalue weighted by molar-refractivity contribution is 5.94. The third kappa shape index (κ3) is 10.7. The van der Waals surface area contributed by atoms with Gasteiger partial charge in [0, 0.05) is 0 Å². The van der Waals surface area contributed by atoms with Crippen LogP contribution in [0.2, 0.25) is 0 Å². The van der Waals surface area contributed by atoms with Gasteiger partial charge in [0.15, 0.2) is 0 Å². The number of carboxylic acid groups (broad SMARTS) is 2. The maximum absolute atomic E-state index is 12.6. The van der Waals surface area contributed by atoms with Gasteiger partial charge in [-0.25, -0.2) is 4.79 Å². The van der Waals surface area contributed by atoms with Gasteiger partial charge < -0.3 is 47.8 Å². The molecule has 178 valence electrons. The molecule has 0 fully saturated rings. The normalized spacial score (nSPS) is 15.6. The molecule has 0 spiro atoms. The fourth-order valence-electron chi connectivity index (χ4n) is 2.42. The van der Waals surface area contributed by atoms with Gasteiger partial charge in [-0.15, -0.1) is 0 Å². The zero-order valence-electron chi connectivity index (χ0n) is 17.1. The number of carbonyl (C=O) groups excluding carboxylic acids is 3. The van der Waals surface area contributed by atoms with Crippen molar-refractivity contribution >= 4 is 29.7 Å². The van der Waals surface area contributed by atoms with E-state index in [2.05, 4.69) is 10.6 Å². The minimum atomic E-state index is -1.79. The molecule has 0 rings (SSSR count). The van der Waals surface area contributed by atoms with Crippen molar-refractivity contribution < 1.29 is 44.4 Å². The third-order valence-electron chi connectivity index (χ3n) is 4.17. The Kier molecular flexibility index (Phi) is 12.9. The summed E-state index contributed by atoms with van der Waals surface area (Å²) in [4.78, 5) is 58.9. The van der Waals surface area contributed by atoms with Gasteiger partial charge in [-0.3, -0.25) is 19.2 Å². The lowest BCUT2D eigenvalue weighted by Crippen LogP contribution is -2.60. The number of nitrogens with two attached hydrogens (primary N) is 2. The van der Waals surface area contributed by atoms with E-state index in [1.807, 2.05) is 5.32 Å². The molecule has 0 aromatic rings. The van der Waals surface area contributed by atoms with E-state index in [0.717, 1.165) is 6.92 Å². The largest absolute Gasteiger partial charge is 0.481 e. The van der Waals surface area contributed by atoms with E-state index in [-0.39, 0.29) is 6.42 Å². The van der Waals surface area contributed by atoms with Gasteiger partial charge in [0.1, 0.15) is 24.2 Å². The number of aliphatic carboxylic acids is 2. The zero-order chi connectivity index (χ0) is 24.1. The summed E-state index contributed by atoms with van der Waals surface area (Å²) >= 11 is 0. The van der Waals surface area contributed by atoms with Crippen molar-refractivity contribution in [1.29, 1.82) is 0 Å². The second-order valence-electron chi connectivity index (χ2n) is 6.86. The number of nitrogens with one attached hydrogen (secondary N) is 3. The molecule has 0 saturated heterocycles. The molecule has 0 aliphatic heterocycles. The number of unbranched alkanes of at least 4 members (excludes halogenated alkanes) is 1. The van der Waals surface area contributed by atoms with Crippen LogP contribution in [-0.2, 0) is 24.0 Å². The standard InChI is InChI=1S/C17H31N5O9/c1-8(24)13(16(29)21-11(17(30)31)6-12(25)26)22-15(28)10(4-2-3-5-18)20-14(27)9(19)7-23/h8-11,13,23-24H,2-7,18-19H2,1H3,(H,20,27)(H,21,29)(H,22,28)(H,25,26)(H,30,31). The molecule has 0 bridgehead atoms. The predicted molar refractivity (Wildman–Crippen MR) is 105 cm³/mol. The molecule has 0 radical (unpaired) electrons. The molecule has 3 amide bonds. The van der Waals surface area contributed by atoms with Crippen LogP contribution in [0, 0.1) is 0 Å². The molecule has 0 aromatic heterocycles. The van der Waals surface area contributed by atoms with Crippen LogP contribution >= 0.6 is 0 Å². The van der Waals surface area contributed by atoms with Crippen molar-refractivity contribution in [2.45, 2.75) is 62.9 Å². The topological polar surface area (TPSA) is 254 Å². The molecular weight excluding hydrogens is 418 g/mol. The van der Waals surface area contributed by atoms with Crippen molar-refractivity contribution in [1.82, 2.24) is 16.0 Å². The van der Waals surface area contributed by atoms with E-state index in [4.69, 9.17) is 26.8 Å². The average Bonchev–Trinajstić information content (AvgIpc) is 2.68. The fourth-order valence-corrected chi connectivity index (χ4v) is 2.42. The lowest BCUT2D eigenvalue weighted by Gasteiger charge is -2.26. The number of amides is 3. The van der Waals surface area contributed by atoms with Gasteiger partial charge in [0.2, 0.25) is 17.7 Å². The summed E-state index contributed by atoms with van der Waals surface area (Å²) in [5, 5.41) is 43.1. The number of aliphatic hydroxyl groups is 2. The number of rotatable bonds is 15. The van der Waals surface area contributed by atoms with Gasteiger partial charge in [0.25, 0.3) is 0 Å². The van der Waals surface area contributed by atoms with E-state index in [1.54, 1.807) is 0 Å². The molecule has 14 nitrogen and oxygen atoms in total. The molecule has 0 heterocycles. The van der Waals surface area contributed by atoms with Crippen LogP contribution in [0.25, 0.3) is 0 Å². The number of hydrogen-bond donors (Lipinski definition) is 9. The maximum atomic E-state index is 12.6. The molecule has 0 aliphatic carbocycles. The molecular formula is C17H31N5O9. The number of carbonyl (C=O) groups is 5. The van der Waals surface area contributed by atoms with Crippen molar-refractivity contribution in [3.05, 3.63) is 0 Å². The molecule has 0 saturated carbocycles.